The van der Waals surface area contributed by atoms with E-state index in [0.29, 0.717) is 22.4 Å². The van der Waals surface area contributed by atoms with Crippen LogP contribution in [0.4, 0.5) is 0 Å². The van der Waals surface area contributed by atoms with Crippen LogP contribution in [0.15, 0.2) is 22.8 Å². The summed E-state index contributed by atoms with van der Waals surface area (Å²) < 4.78 is 0. The summed E-state index contributed by atoms with van der Waals surface area (Å²) in [5.41, 5.74) is 0.633. The van der Waals surface area contributed by atoms with Gasteiger partial charge in [0.25, 0.3) is 0 Å². The second-order valence-electron chi connectivity index (χ2n) is 3.36. The molecule has 1 nitrogen and oxygen atoms in total. The van der Waals surface area contributed by atoms with E-state index in [9.17, 15) is 4.79 Å². The van der Waals surface area contributed by atoms with Crippen molar-refractivity contribution in [3.05, 3.63) is 22.8 Å². The summed E-state index contributed by atoms with van der Waals surface area (Å²) in [4.78, 5) is 10.6. The zero-order chi connectivity index (χ0) is 9.14. The van der Waals surface area contributed by atoms with Gasteiger partial charge in [-0.3, -0.25) is 4.79 Å². The first kappa shape index (κ1) is 9.53. The fraction of sp³-hybridized carbons (Fsp3) is 0.500. The molecule has 2 atom stereocenters. The van der Waals surface area contributed by atoms with E-state index in [1.165, 1.54) is 0 Å². The average Bonchev–Trinajstić information content (AvgIpc) is 2.18. The number of hydrogen-bond acceptors (Lipinski definition) is 1. The van der Waals surface area contributed by atoms with Gasteiger partial charge in [0.15, 0.2) is 6.29 Å². The zero-order valence-electron chi connectivity index (χ0n) is 7.38. The van der Waals surface area contributed by atoms with Gasteiger partial charge in [0.2, 0.25) is 0 Å². The van der Waals surface area contributed by atoms with Crippen molar-refractivity contribution in [3.8, 4) is 0 Å². The minimum Gasteiger partial charge on any atom is -0.298 e. The summed E-state index contributed by atoms with van der Waals surface area (Å²) in [7, 11) is 0. The fourth-order valence-corrected chi connectivity index (χ4v) is 1.44. The van der Waals surface area contributed by atoms with Crippen LogP contribution in [0.1, 0.15) is 20.3 Å². The molecule has 1 aliphatic rings. The van der Waals surface area contributed by atoms with Gasteiger partial charge in [-0.05, 0) is 18.3 Å². The first-order chi connectivity index (χ1) is 5.65. The topological polar surface area (TPSA) is 17.1 Å². The Balaban J connectivity index is 2.94. The van der Waals surface area contributed by atoms with Crippen molar-refractivity contribution >= 4 is 17.9 Å². The van der Waals surface area contributed by atoms with Gasteiger partial charge in [-0.15, -0.1) is 0 Å². The highest BCUT2D eigenvalue weighted by Crippen LogP contribution is 2.27. The molecule has 12 heavy (non-hydrogen) atoms. The van der Waals surface area contributed by atoms with Crippen LogP contribution in [0, 0.1) is 11.8 Å². The van der Waals surface area contributed by atoms with E-state index in [0.717, 1.165) is 12.7 Å². The highest BCUT2D eigenvalue weighted by Gasteiger charge is 2.14. The lowest BCUT2D eigenvalue weighted by atomic mass is 9.93. The Morgan fingerprint density at radius 1 is 1.58 bits per heavy atom. The first-order valence-electron chi connectivity index (χ1n) is 4.18. The molecule has 0 aromatic heterocycles. The molecule has 0 saturated carbocycles. The number of rotatable bonds is 1. The number of allylic oxidation sites excluding steroid dienone is 4. The van der Waals surface area contributed by atoms with E-state index < -0.39 is 0 Å². The maximum atomic E-state index is 10.6. The lowest BCUT2D eigenvalue weighted by Crippen LogP contribution is -2.02. The third-order valence-corrected chi connectivity index (χ3v) is 2.78. The van der Waals surface area contributed by atoms with Crippen molar-refractivity contribution in [2.24, 2.45) is 11.8 Å². The van der Waals surface area contributed by atoms with Crippen LogP contribution in [-0.2, 0) is 4.79 Å². The van der Waals surface area contributed by atoms with Crippen molar-refractivity contribution in [2.45, 2.75) is 20.3 Å². The van der Waals surface area contributed by atoms with E-state index in [4.69, 9.17) is 11.6 Å². The first-order valence-corrected chi connectivity index (χ1v) is 4.56. The summed E-state index contributed by atoms with van der Waals surface area (Å²) in [5.74, 6) is 0.994. The van der Waals surface area contributed by atoms with Crippen LogP contribution in [0.25, 0.3) is 0 Å². The molecular weight excluding hydrogens is 172 g/mol. The predicted molar refractivity (Wildman–Crippen MR) is 51.0 cm³/mol. The molecule has 1 aliphatic carbocycles. The molecule has 0 aliphatic heterocycles. The molecule has 0 spiro atoms. The van der Waals surface area contributed by atoms with E-state index >= 15 is 0 Å². The molecule has 0 aromatic rings. The standard InChI is InChI=1S/C10H13ClO/c1-7-3-4-10(11)9(6-12)5-8(7)2/h4-8H,3H2,1-2H3/t7-,8?/m0/s1. The smallest absolute Gasteiger partial charge is 0.151 e. The summed E-state index contributed by atoms with van der Waals surface area (Å²) in [6, 6.07) is 0. The second-order valence-corrected chi connectivity index (χ2v) is 3.77. The number of halogens is 1. The largest absolute Gasteiger partial charge is 0.298 e. The summed E-state index contributed by atoms with van der Waals surface area (Å²) in [6.45, 7) is 4.27. The quantitative estimate of drug-likeness (QED) is 0.573. The van der Waals surface area contributed by atoms with E-state index in [2.05, 4.69) is 13.8 Å². The summed E-state index contributed by atoms with van der Waals surface area (Å²) in [5, 5.41) is 0.598. The maximum absolute atomic E-state index is 10.6. The zero-order valence-corrected chi connectivity index (χ0v) is 8.14. The molecule has 0 saturated heterocycles. The summed E-state index contributed by atoms with van der Waals surface area (Å²) >= 11 is 5.88. The SMILES string of the molecule is CC1C=C(C=O)C(Cl)=CC[C@@H]1C. The molecule has 0 bridgehead atoms. The molecule has 1 unspecified atom stereocenters. The Kier molecular flexibility index (Phi) is 3.10. The Morgan fingerprint density at radius 3 is 2.83 bits per heavy atom. The number of carbonyl (C=O) groups is 1. The van der Waals surface area contributed by atoms with Gasteiger partial charge >= 0.3 is 0 Å². The van der Waals surface area contributed by atoms with Crippen LogP contribution < -0.4 is 0 Å². The lowest BCUT2D eigenvalue weighted by molar-refractivity contribution is -0.104. The van der Waals surface area contributed by atoms with Gasteiger partial charge in [-0.1, -0.05) is 37.6 Å². The van der Waals surface area contributed by atoms with Crippen molar-refractivity contribution in [3.63, 3.8) is 0 Å². The Morgan fingerprint density at radius 2 is 2.25 bits per heavy atom. The summed E-state index contributed by atoms with van der Waals surface area (Å²) in [6.07, 6.45) is 5.65. The van der Waals surface area contributed by atoms with Crippen molar-refractivity contribution in [1.82, 2.24) is 0 Å². The minimum absolute atomic E-state index is 0.428. The van der Waals surface area contributed by atoms with Crippen molar-refractivity contribution < 1.29 is 4.79 Å². The molecule has 0 fully saturated rings. The number of hydrogen-bond donors (Lipinski definition) is 0. The van der Waals surface area contributed by atoms with E-state index in [-0.39, 0.29) is 0 Å². The predicted octanol–water partition coefficient (Wildman–Crippen LogP) is 2.91. The number of aldehydes is 1. The van der Waals surface area contributed by atoms with Crippen molar-refractivity contribution in [1.29, 1.82) is 0 Å². The van der Waals surface area contributed by atoms with E-state index in [1.807, 2.05) is 12.2 Å². The Labute approximate surface area is 78.1 Å². The fourth-order valence-electron chi connectivity index (χ4n) is 1.24. The molecule has 2 heteroatoms. The van der Waals surface area contributed by atoms with E-state index in [1.54, 1.807) is 0 Å². The molecular formula is C10H13ClO. The van der Waals surface area contributed by atoms with Crippen LogP contribution in [0.3, 0.4) is 0 Å². The minimum atomic E-state index is 0.428. The van der Waals surface area contributed by atoms with Crippen molar-refractivity contribution in [2.75, 3.05) is 0 Å². The van der Waals surface area contributed by atoms with Gasteiger partial charge in [0, 0.05) is 10.6 Å². The van der Waals surface area contributed by atoms with Crippen LogP contribution in [0.5, 0.6) is 0 Å². The molecule has 0 amide bonds. The second kappa shape index (κ2) is 3.90. The molecule has 1 rings (SSSR count). The van der Waals surface area contributed by atoms with Gasteiger partial charge in [0.1, 0.15) is 0 Å². The molecule has 0 N–H and O–H groups in total. The monoisotopic (exact) mass is 184 g/mol. The van der Waals surface area contributed by atoms with Gasteiger partial charge in [-0.25, -0.2) is 0 Å². The molecule has 66 valence electrons. The maximum Gasteiger partial charge on any atom is 0.151 e. The third kappa shape index (κ3) is 1.98. The molecule has 0 aromatic carbocycles. The highest BCUT2D eigenvalue weighted by atomic mass is 35.5. The Bertz CT molecular complexity index is 240. The number of carbonyl (C=O) groups excluding carboxylic acids is 1. The van der Waals surface area contributed by atoms with Crippen LogP contribution in [0.2, 0.25) is 0 Å². The average molecular weight is 185 g/mol. The highest BCUT2D eigenvalue weighted by molar-refractivity contribution is 6.34. The lowest BCUT2D eigenvalue weighted by Gasteiger charge is -2.11. The van der Waals surface area contributed by atoms with Crippen LogP contribution >= 0.6 is 11.6 Å². The molecule has 0 heterocycles. The normalized spacial score (nSPS) is 30.2. The third-order valence-electron chi connectivity index (χ3n) is 2.41. The molecule has 0 radical (unpaired) electrons. The van der Waals surface area contributed by atoms with Crippen LogP contribution in [-0.4, -0.2) is 6.29 Å². The van der Waals surface area contributed by atoms with Gasteiger partial charge in [0.05, 0.1) is 0 Å². The van der Waals surface area contributed by atoms with Gasteiger partial charge < -0.3 is 0 Å². The van der Waals surface area contributed by atoms with Gasteiger partial charge in [-0.2, -0.15) is 0 Å². The Hall–Kier alpha value is -0.560.